The van der Waals surface area contributed by atoms with Crippen molar-refractivity contribution in [2.24, 2.45) is 5.92 Å². The maximum atomic E-state index is 13.9. The van der Waals surface area contributed by atoms with Crippen molar-refractivity contribution >= 4 is 11.9 Å². The number of hydrogen-bond acceptors (Lipinski definition) is 8. The summed E-state index contributed by atoms with van der Waals surface area (Å²) in [5.74, 6) is -3.25. The van der Waals surface area contributed by atoms with Crippen molar-refractivity contribution in [1.82, 2.24) is 14.9 Å². The quantitative estimate of drug-likeness (QED) is 0.364. The van der Waals surface area contributed by atoms with Crippen molar-refractivity contribution < 1.29 is 32.9 Å². The first-order chi connectivity index (χ1) is 16.4. The Morgan fingerprint density at radius 1 is 1.23 bits per heavy atom. The Hall–Kier alpha value is -2.57. The molecule has 0 aromatic carbocycles. The lowest BCUT2D eigenvalue weighted by Gasteiger charge is -2.25. The summed E-state index contributed by atoms with van der Waals surface area (Å²) >= 11 is 0. The number of esters is 1. The summed E-state index contributed by atoms with van der Waals surface area (Å²) in [5.41, 5.74) is -2.02. The van der Waals surface area contributed by atoms with Gasteiger partial charge in [-0.05, 0) is 26.2 Å². The van der Waals surface area contributed by atoms with Gasteiger partial charge in [-0.25, -0.2) is 9.59 Å². The second-order valence-corrected chi connectivity index (χ2v) is 9.65. The first-order valence-electron chi connectivity index (χ1n) is 11.9. The summed E-state index contributed by atoms with van der Waals surface area (Å²) in [6, 6.07) is -0.842. The van der Waals surface area contributed by atoms with E-state index in [2.05, 4.69) is 5.32 Å². The number of carbonyl (C=O) groups excluding carboxylic acids is 2. The molecule has 1 amide bonds. The zero-order valence-electron chi connectivity index (χ0n) is 20.7. The van der Waals surface area contributed by atoms with Gasteiger partial charge in [0.2, 0.25) is 11.7 Å². The summed E-state index contributed by atoms with van der Waals surface area (Å²) < 4.78 is 37.9. The average Bonchev–Trinajstić information content (AvgIpc) is 3.26. The second kappa shape index (κ2) is 11.0. The Labute approximate surface area is 202 Å². The molecule has 2 fully saturated rings. The number of carbonyl (C=O) groups is 2. The Bertz CT molecular complexity index is 1040. The van der Waals surface area contributed by atoms with E-state index in [4.69, 9.17) is 18.9 Å². The van der Waals surface area contributed by atoms with Gasteiger partial charge in [0.05, 0.1) is 6.20 Å². The van der Waals surface area contributed by atoms with Crippen molar-refractivity contribution in [3.8, 4) is 0 Å². The molecule has 3 heterocycles. The minimum atomic E-state index is -1.16. The lowest BCUT2D eigenvalue weighted by atomic mass is 10.0. The molecule has 0 spiro atoms. The van der Waals surface area contributed by atoms with Crippen molar-refractivity contribution in [3.05, 3.63) is 32.9 Å². The van der Waals surface area contributed by atoms with Crippen molar-refractivity contribution in [2.75, 3.05) is 6.61 Å². The smallest absolute Gasteiger partial charge is 0.330 e. The minimum absolute atomic E-state index is 0.213. The molecule has 35 heavy (non-hydrogen) atoms. The van der Waals surface area contributed by atoms with Gasteiger partial charge in [0.25, 0.3) is 5.56 Å². The third kappa shape index (κ3) is 6.36. The lowest BCUT2D eigenvalue weighted by molar-refractivity contribution is -0.203. The van der Waals surface area contributed by atoms with Gasteiger partial charge in [-0.15, -0.1) is 0 Å². The van der Waals surface area contributed by atoms with Crippen LogP contribution in [0.5, 0.6) is 0 Å². The van der Waals surface area contributed by atoms with Crippen molar-refractivity contribution in [1.29, 1.82) is 0 Å². The molecule has 0 bridgehead atoms. The van der Waals surface area contributed by atoms with E-state index in [1.807, 2.05) is 11.9 Å². The number of nitrogens with one attached hydrogen (secondary N) is 2. The predicted molar refractivity (Wildman–Crippen MR) is 121 cm³/mol. The average molecular weight is 500 g/mol. The van der Waals surface area contributed by atoms with E-state index >= 15 is 0 Å². The number of nitrogens with zero attached hydrogens (tertiary/aromatic N) is 1. The zero-order valence-corrected chi connectivity index (χ0v) is 20.7. The highest BCUT2D eigenvalue weighted by molar-refractivity contribution is 5.84. The molecule has 2 aliphatic rings. The molecule has 1 aromatic heterocycles. The highest BCUT2D eigenvalue weighted by Crippen LogP contribution is 2.42. The normalized spacial score (nSPS) is 25.9. The van der Waals surface area contributed by atoms with Gasteiger partial charge in [-0.3, -0.25) is 19.1 Å². The van der Waals surface area contributed by atoms with E-state index in [0.717, 1.165) is 30.0 Å². The highest BCUT2D eigenvalue weighted by Gasteiger charge is 2.56. The van der Waals surface area contributed by atoms with Crippen LogP contribution in [0.25, 0.3) is 0 Å². The molecular weight excluding hydrogens is 465 g/mol. The molecule has 2 aliphatic heterocycles. The zero-order chi connectivity index (χ0) is 25.9. The van der Waals surface area contributed by atoms with Crippen molar-refractivity contribution in [3.63, 3.8) is 0 Å². The maximum Gasteiger partial charge on any atom is 0.330 e. The molecule has 2 N–H and O–H groups in total. The maximum absolute atomic E-state index is 13.9. The number of fused-ring (bicyclic) bond motifs is 1. The molecule has 11 nitrogen and oxygen atoms in total. The standard InChI is InChI=1S/C23H34FN3O8/c1-6-7-8-9-15(28)25-16(12(2)3)21(30)32-11-14-17-18(35-23(4,5)34-17)20(33-14)27-10-13(24)19(29)26-22(27)31/h10,12,14,16-18,20H,6-9,11H2,1-5H3,(H,25,28)(H,26,29,31)/t14-,16+,17-,18-,20-/m1/s1. The number of unbranched alkanes of at least 4 members (excludes halogenated alkanes) is 2. The number of ether oxygens (including phenoxy) is 4. The van der Waals surface area contributed by atoms with E-state index in [1.165, 1.54) is 0 Å². The van der Waals surface area contributed by atoms with Gasteiger partial charge in [0, 0.05) is 6.42 Å². The summed E-state index contributed by atoms with van der Waals surface area (Å²) in [6.07, 6.45) is 0.194. The topological polar surface area (TPSA) is 138 Å². The largest absolute Gasteiger partial charge is 0.461 e. The fraction of sp³-hybridized carbons (Fsp3) is 0.739. The monoisotopic (exact) mass is 499 g/mol. The number of aromatic nitrogens is 2. The fourth-order valence-electron chi connectivity index (χ4n) is 4.20. The number of H-pyrrole nitrogens is 1. The lowest BCUT2D eigenvalue weighted by Crippen LogP contribution is -2.46. The summed E-state index contributed by atoms with van der Waals surface area (Å²) in [4.78, 5) is 50.6. The first kappa shape index (κ1) is 27.0. The van der Waals surface area contributed by atoms with Crippen LogP contribution >= 0.6 is 0 Å². The van der Waals surface area contributed by atoms with E-state index in [-0.39, 0.29) is 18.4 Å². The van der Waals surface area contributed by atoms with Gasteiger partial charge in [-0.2, -0.15) is 4.39 Å². The van der Waals surface area contributed by atoms with Crippen LogP contribution in [0, 0.1) is 11.7 Å². The van der Waals surface area contributed by atoms with Crippen LogP contribution in [-0.2, 0) is 28.5 Å². The summed E-state index contributed by atoms with van der Waals surface area (Å²) in [5, 5.41) is 2.73. The molecule has 2 saturated heterocycles. The molecule has 3 rings (SSSR count). The van der Waals surface area contributed by atoms with E-state index in [1.54, 1.807) is 27.7 Å². The van der Waals surface area contributed by atoms with E-state index in [9.17, 15) is 23.6 Å². The first-order valence-corrected chi connectivity index (χ1v) is 11.9. The number of hydrogen-bond donors (Lipinski definition) is 2. The number of aromatic amines is 1. The molecular formula is C23H34FN3O8. The van der Waals surface area contributed by atoms with Crippen LogP contribution in [0.4, 0.5) is 4.39 Å². The predicted octanol–water partition coefficient (Wildman–Crippen LogP) is 1.36. The Morgan fingerprint density at radius 3 is 2.57 bits per heavy atom. The van der Waals surface area contributed by atoms with Gasteiger partial charge in [0.15, 0.2) is 12.0 Å². The second-order valence-electron chi connectivity index (χ2n) is 9.65. The minimum Gasteiger partial charge on any atom is -0.461 e. The summed E-state index contributed by atoms with van der Waals surface area (Å²) in [6.45, 7) is 8.73. The summed E-state index contributed by atoms with van der Waals surface area (Å²) in [7, 11) is 0. The van der Waals surface area contributed by atoms with Crippen LogP contribution in [0.15, 0.2) is 15.8 Å². The molecule has 196 valence electrons. The molecule has 0 saturated carbocycles. The fourth-order valence-corrected chi connectivity index (χ4v) is 4.20. The van der Waals surface area contributed by atoms with Gasteiger partial charge >= 0.3 is 11.7 Å². The van der Waals surface area contributed by atoms with Crippen LogP contribution < -0.4 is 16.6 Å². The Morgan fingerprint density at radius 2 is 1.91 bits per heavy atom. The van der Waals surface area contributed by atoms with E-state index in [0.29, 0.717) is 6.42 Å². The Kier molecular flexibility index (Phi) is 8.50. The molecule has 1 aromatic rings. The van der Waals surface area contributed by atoms with Crippen LogP contribution in [0.1, 0.15) is 66.5 Å². The SMILES string of the molecule is CCCCCC(=O)N[C@H](C(=O)OC[C@H]1O[C@@H](n2cc(F)c(=O)[nH]c2=O)[C@@H]2OC(C)(C)O[C@@H]21)C(C)C. The molecule has 0 radical (unpaired) electrons. The Balaban J connectivity index is 1.70. The number of amides is 1. The highest BCUT2D eigenvalue weighted by atomic mass is 19.1. The van der Waals surface area contributed by atoms with Gasteiger partial charge < -0.3 is 24.3 Å². The van der Waals surface area contributed by atoms with Crippen LogP contribution in [0.3, 0.4) is 0 Å². The van der Waals surface area contributed by atoms with Crippen LogP contribution in [0.2, 0.25) is 0 Å². The molecule has 0 aliphatic carbocycles. The molecule has 0 unspecified atom stereocenters. The van der Waals surface area contributed by atoms with Crippen molar-refractivity contribution in [2.45, 2.75) is 96.7 Å². The molecule has 5 atom stereocenters. The number of rotatable bonds is 10. The number of halogens is 1. The van der Waals surface area contributed by atoms with Gasteiger partial charge in [0.1, 0.15) is 31.0 Å². The molecule has 12 heteroatoms. The van der Waals surface area contributed by atoms with E-state index < -0.39 is 59.4 Å². The van der Waals surface area contributed by atoms with Crippen LogP contribution in [-0.4, -0.2) is 58.2 Å². The van der Waals surface area contributed by atoms with Gasteiger partial charge in [-0.1, -0.05) is 33.6 Å². The third-order valence-corrected chi connectivity index (χ3v) is 5.96. The third-order valence-electron chi connectivity index (χ3n) is 5.96.